The van der Waals surface area contributed by atoms with Gasteiger partial charge in [-0.25, -0.2) is 0 Å². The molecule has 1 amide bonds. The van der Waals surface area contributed by atoms with Crippen molar-refractivity contribution < 1.29 is 14.7 Å². The molecule has 1 unspecified atom stereocenters. The molecular weight excluding hydrogens is 267 g/mol. The van der Waals surface area contributed by atoms with E-state index in [0.717, 1.165) is 0 Å². The Hall–Kier alpha value is -1.20. The fourth-order valence-corrected chi connectivity index (χ4v) is 1.75. The first-order valence-corrected chi connectivity index (χ1v) is 5.62. The zero-order valence-electron chi connectivity index (χ0n) is 9.33. The average Bonchev–Trinajstić information content (AvgIpc) is 2.44. The number of halogens is 2. The molecule has 7 heteroatoms. The molecule has 5 nitrogen and oxygen atoms in total. The lowest BCUT2D eigenvalue weighted by molar-refractivity contribution is -0.137. The molecule has 17 heavy (non-hydrogen) atoms. The molecule has 0 aliphatic heterocycles. The quantitative estimate of drug-likeness (QED) is 0.884. The second kappa shape index (κ2) is 5.42. The maximum atomic E-state index is 11.8. The minimum Gasteiger partial charge on any atom is -0.481 e. The van der Waals surface area contributed by atoms with Gasteiger partial charge in [0.25, 0.3) is 5.91 Å². The van der Waals surface area contributed by atoms with E-state index in [9.17, 15) is 9.59 Å². The van der Waals surface area contributed by atoms with Crippen molar-refractivity contribution in [1.29, 1.82) is 0 Å². The molecule has 1 aromatic rings. The molecule has 0 spiro atoms. The van der Waals surface area contributed by atoms with Crippen LogP contribution in [0.15, 0.2) is 6.07 Å². The van der Waals surface area contributed by atoms with E-state index in [2.05, 4.69) is 5.32 Å². The van der Waals surface area contributed by atoms with Gasteiger partial charge in [-0.1, -0.05) is 23.2 Å². The third kappa shape index (κ3) is 3.38. The Morgan fingerprint density at radius 3 is 2.53 bits per heavy atom. The van der Waals surface area contributed by atoms with Crippen molar-refractivity contribution in [1.82, 2.24) is 9.88 Å². The zero-order chi connectivity index (χ0) is 13.2. The predicted molar refractivity (Wildman–Crippen MR) is 64.6 cm³/mol. The van der Waals surface area contributed by atoms with E-state index in [1.807, 2.05) is 0 Å². The Labute approximate surface area is 108 Å². The molecule has 0 saturated carbocycles. The van der Waals surface area contributed by atoms with E-state index in [1.54, 1.807) is 14.0 Å². The highest BCUT2D eigenvalue weighted by molar-refractivity contribution is 6.41. The highest BCUT2D eigenvalue weighted by Crippen LogP contribution is 2.25. The van der Waals surface area contributed by atoms with Crippen LogP contribution in [0.5, 0.6) is 0 Å². The molecular formula is C10H12Cl2N2O3. The highest BCUT2D eigenvalue weighted by Gasteiger charge is 2.18. The van der Waals surface area contributed by atoms with Crippen LogP contribution in [0.2, 0.25) is 10.2 Å². The summed E-state index contributed by atoms with van der Waals surface area (Å²) in [7, 11) is 1.60. The third-order valence-corrected chi connectivity index (χ3v) is 3.05. The van der Waals surface area contributed by atoms with Crippen LogP contribution in [-0.4, -0.2) is 27.6 Å². The number of rotatable bonds is 4. The molecule has 0 bridgehead atoms. The number of nitrogens with one attached hydrogen (secondary N) is 1. The number of amides is 1. The first-order valence-electron chi connectivity index (χ1n) is 4.86. The Balaban J connectivity index is 2.76. The molecule has 94 valence electrons. The lowest BCUT2D eigenvalue weighted by atomic mass is 10.2. The maximum absolute atomic E-state index is 11.8. The molecule has 0 fully saturated rings. The van der Waals surface area contributed by atoms with Crippen LogP contribution >= 0.6 is 23.2 Å². The van der Waals surface area contributed by atoms with E-state index in [0.29, 0.717) is 0 Å². The zero-order valence-corrected chi connectivity index (χ0v) is 10.8. The Morgan fingerprint density at radius 1 is 1.53 bits per heavy atom. The standard InChI is InChI=1S/C10H12Cl2N2O3/c1-5(3-8(15)16)13-10(17)7-4-6(11)9(12)14(7)2/h4-5H,3H2,1-2H3,(H,13,17)(H,15,16). The van der Waals surface area contributed by atoms with Gasteiger partial charge in [0.2, 0.25) is 0 Å². The number of hydrogen-bond acceptors (Lipinski definition) is 2. The number of aromatic nitrogens is 1. The average molecular weight is 279 g/mol. The van der Waals surface area contributed by atoms with Crippen molar-refractivity contribution in [2.45, 2.75) is 19.4 Å². The van der Waals surface area contributed by atoms with Gasteiger partial charge in [-0.15, -0.1) is 0 Å². The monoisotopic (exact) mass is 278 g/mol. The lowest BCUT2D eigenvalue weighted by Gasteiger charge is -2.11. The Morgan fingerprint density at radius 2 is 2.12 bits per heavy atom. The Kier molecular flexibility index (Phi) is 4.42. The normalized spacial score (nSPS) is 12.2. The van der Waals surface area contributed by atoms with Gasteiger partial charge in [0, 0.05) is 13.1 Å². The molecule has 0 saturated heterocycles. The molecule has 0 radical (unpaired) electrons. The molecule has 2 N–H and O–H groups in total. The summed E-state index contributed by atoms with van der Waals surface area (Å²) in [4.78, 5) is 22.2. The summed E-state index contributed by atoms with van der Waals surface area (Å²) in [5.41, 5.74) is 0.289. The van der Waals surface area contributed by atoms with E-state index < -0.39 is 17.9 Å². The summed E-state index contributed by atoms with van der Waals surface area (Å²) in [6.45, 7) is 1.61. The number of carboxylic acids is 1. The maximum Gasteiger partial charge on any atom is 0.305 e. The second-order valence-electron chi connectivity index (χ2n) is 3.70. The number of carboxylic acid groups (broad SMARTS) is 1. The summed E-state index contributed by atoms with van der Waals surface area (Å²) >= 11 is 11.6. The second-order valence-corrected chi connectivity index (χ2v) is 4.46. The number of carbonyl (C=O) groups excluding carboxylic acids is 1. The Bertz CT molecular complexity index is 457. The minimum atomic E-state index is -0.972. The van der Waals surface area contributed by atoms with E-state index in [4.69, 9.17) is 28.3 Å². The minimum absolute atomic E-state index is 0.141. The van der Waals surface area contributed by atoms with Crippen LogP contribution in [-0.2, 0) is 11.8 Å². The van der Waals surface area contributed by atoms with Gasteiger partial charge in [0.15, 0.2) is 0 Å². The van der Waals surface area contributed by atoms with Crippen LogP contribution in [0.1, 0.15) is 23.8 Å². The van der Waals surface area contributed by atoms with Gasteiger partial charge in [-0.05, 0) is 13.0 Å². The number of nitrogens with zero attached hydrogens (tertiary/aromatic N) is 1. The largest absolute Gasteiger partial charge is 0.481 e. The molecule has 1 atom stereocenters. The van der Waals surface area contributed by atoms with Gasteiger partial charge < -0.3 is 15.0 Å². The third-order valence-electron chi connectivity index (χ3n) is 2.21. The molecule has 0 aliphatic rings. The van der Waals surface area contributed by atoms with Crippen molar-refractivity contribution in [3.63, 3.8) is 0 Å². The van der Waals surface area contributed by atoms with Crippen LogP contribution in [0, 0.1) is 0 Å². The molecule has 0 aliphatic carbocycles. The van der Waals surface area contributed by atoms with Gasteiger partial charge in [-0.3, -0.25) is 9.59 Å². The number of carbonyl (C=O) groups is 2. The van der Waals surface area contributed by atoms with Crippen molar-refractivity contribution in [2.24, 2.45) is 7.05 Å². The predicted octanol–water partition coefficient (Wildman–Crippen LogP) is 1.92. The van der Waals surface area contributed by atoms with Crippen molar-refractivity contribution in [3.05, 3.63) is 21.9 Å². The fourth-order valence-electron chi connectivity index (χ4n) is 1.37. The lowest BCUT2D eigenvalue weighted by Crippen LogP contribution is -2.35. The fraction of sp³-hybridized carbons (Fsp3) is 0.400. The summed E-state index contributed by atoms with van der Waals surface area (Å²) in [6.07, 6.45) is -0.141. The van der Waals surface area contributed by atoms with Gasteiger partial charge in [-0.2, -0.15) is 0 Å². The number of hydrogen-bond donors (Lipinski definition) is 2. The van der Waals surface area contributed by atoms with E-state index in [1.165, 1.54) is 10.6 Å². The summed E-state index contributed by atoms with van der Waals surface area (Å²) < 4.78 is 1.44. The summed E-state index contributed by atoms with van der Waals surface area (Å²) in [6, 6.07) is 0.972. The SMILES string of the molecule is CC(CC(=O)O)NC(=O)c1cc(Cl)c(Cl)n1C. The molecule has 1 rings (SSSR count). The molecule has 1 heterocycles. The van der Waals surface area contributed by atoms with Gasteiger partial charge in [0.05, 0.1) is 11.4 Å². The first-order chi connectivity index (χ1) is 7.82. The summed E-state index contributed by atoms with van der Waals surface area (Å²) in [5.74, 6) is -1.38. The summed E-state index contributed by atoms with van der Waals surface area (Å²) in [5, 5.41) is 11.7. The van der Waals surface area contributed by atoms with Crippen molar-refractivity contribution in [3.8, 4) is 0 Å². The molecule has 1 aromatic heterocycles. The number of aliphatic carboxylic acids is 1. The van der Waals surface area contributed by atoms with Crippen LogP contribution in [0.3, 0.4) is 0 Å². The topological polar surface area (TPSA) is 71.3 Å². The van der Waals surface area contributed by atoms with Crippen molar-refractivity contribution in [2.75, 3.05) is 0 Å². The smallest absolute Gasteiger partial charge is 0.305 e. The van der Waals surface area contributed by atoms with E-state index >= 15 is 0 Å². The van der Waals surface area contributed by atoms with Gasteiger partial charge >= 0.3 is 5.97 Å². The van der Waals surface area contributed by atoms with Gasteiger partial charge in [0.1, 0.15) is 10.8 Å². The first kappa shape index (κ1) is 13.9. The van der Waals surface area contributed by atoms with Crippen LogP contribution in [0.25, 0.3) is 0 Å². The van der Waals surface area contributed by atoms with Crippen LogP contribution in [0.4, 0.5) is 0 Å². The van der Waals surface area contributed by atoms with Crippen molar-refractivity contribution >= 4 is 35.1 Å². The van der Waals surface area contributed by atoms with E-state index in [-0.39, 0.29) is 22.3 Å². The highest BCUT2D eigenvalue weighted by atomic mass is 35.5. The molecule has 0 aromatic carbocycles. The van der Waals surface area contributed by atoms with Crippen LogP contribution < -0.4 is 5.32 Å².